The molecule has 0 heterocycles. The van der Waals surface area contributed by atoms with Gasteiger partial charge in [0.25, 0.3) is 0 Å². The fourth-order valence-corrected chi connectivity index (χ4v) is 9.68. The minimum absolute atomic E-state index is 0.129. The number of anilines is 3. The molecule has 276 valence electrons. The van der Waals surface area contributed by atoms with E-state index in [0.29, 0.717) is 0 Å². The van der Waals surface area contributed by atoms with Gasteiger partial charge in [-0.15, -0.1) is 0 Å². The second kappa shape index (κ2) is 13.5. The largest absolute Gasteiger partial charge is 0.310 e. The zero-order chi connectivity index (χ0) is 38.9. The zero-order valence-corrected chi connectivity index (χ0v) is 33.6. The van der Waals surface area contributed by atoms with Crippen molar-refractivity contribution in [3.05, 3.63) is 215 Å². The number of benzene rings is 7. The van der Waals surface area contributed by atoms with Gasteiger partial charge in [0, 0.05) is 38.5 Å². The summed E-state index contributed by atoms with van der Waals surface area (Å²) in [5.74, 6) is 0. The van der Waals surface area contributed by atoms with Crippen LogP contribution in [0.1, 0.15) is 61.9 Å². The monoisotopic (exact) mass is 753 g/mol. The van der Waals surface area contributed by atoms with Gasteiger partial charge in [-0.25, -0.2) is 0 Å². The molecule has 10 rings (SSSR count). The molecule has 0 aliphatic heterocycles. The van der Waals surface area contributed by atoms with Crippen LogP contribution in [0.3, 0.4) is 0 Å². The topological polar surface area (TPSA) is 3.24 Å². The van der Waals surface area contributed by atoms with Gasteiger partial charge >= 0.3 is 0 Å². The number of nitrogens with zero attached hydrogens (tertiary/aromatic N) is 1. The molecule has 7 aromatic rings. The summed E-state index contributed by atoms with van der Waals surface area (Å²) in [7, 11) is 0. The van der Waals surface area contributed by atoms with Gasteiger partial charge in [0.1, 0.15) is 0 Å². The van der Waals surface area contributed by atoms with E-state index in [0.717, 1.165) is 28.5 Å². The molecule has 0 saturated heterocycles. The van der Waals surface area contributed by atoms with E-state index in [-0.39, 0.29) is 10.8 Å². The van der Waals surface area contributed by atoms with Gasteiger partial charge in [-0.3, -0.25) is 0 Å². The molecule has 0 atom stereocenters. The lowest BCUT2D eigenvalue weighted by Gasteiger charge is -2.28. The number of fused-ring (bicyclic) bond motifs is 6. The van der Waals surface area contributed by atoms with Crippen molar-refractivity contribution in [3.63, 3.8) is 0 Å². The fraction of sp³-hybridized carbons (Fsp3) is 0.127. The van der Waals surface area contributed by atoms with Crippen LogP contribution in [0.4, 0.5) is 17.1 Å². The Balaban J connectivity index is 1.05. The van der Waals surface area contributed by atoms with Crippen LogP contribution >= 0.6 is 11.6 Å². The van der Waals surface area contributed by atoms with E-state index in [2.05, 4.69) is 209 Å². The van der Waals surface area contributed by atoms with Gasteiger partial charge < -0.3 is 4.90 Å². The molecular formula is C55H44ClN. The summed E-state index contributed by atoms with van der Waals surface area (Å²) in [5.41, 5.74) is 20.8. The highest BCUT2D eigenvalue weighted by Gasteiger charge is 2.42. The lowest BCUT2D eigenvalue weighted by molar-refractivity contribution is 0.652. The summed E-state index contributed by atoms with van der Waals surface area (Å²) in [6.07, 6.45) is 11.9. The number of rotatable bonds is 6. The van der Waals surface area contributed by atoms with E-state index >= 15 is 0 Å². The summed E-state index contributed by atoms with van der Waals surface area (Å²) in [6, 6.07) is 55.9. The zero-order valence-electron chi connectivity index (χ0n) is 32.9. The van der Waals surface area contributed by atoms with Gasteiger partial charge in [0.15, 0.2) is 0 Å². The first-order valence-corrected chi connectivity index (χ1v) is 20.4. The van der Waals surface area contributed by atoms with Crippen LogP contribution in [0, 0.1) is 0 Å². The molecule has 0 radical (unpaired) electrons. The lowest BCUT2D eigenvalue weighted by atomic mass is 9.79. The first-order valence-electron chi connectivity index (χ1n) is 20.0. The molecule has 0 aromatic heterocycles. The quantitative estimate of drug-likeness (QED) is 0.163. The van der Waals surface area contributed by atoms with E-state index in [1.54, 1.807) is 0 Å². The molecule has 7 aromatic carbocycles. The van der Waals surface area contributed by atoms with Crippen LogP contribution in [0.5, 0.6) is 0 Å². The SMILES string of the molecule is CC1(C)c2cc(N(c3ccc(-c4ccccc4)cc3)c3ccc(-c4ccc(C5=CC=CCC=C5)cc4)cc3)ccc2-c2cc3c(cc21)-c1c(Cl)cccc1C3(C)C. The molecule has 0 N–H and O–H groups in total. The predicted octanol–water partition coefficient (Wildman–Crippen LogP) is 15.7. The third kappa shape index (κ3) is 5.84. The van der Waals surface area contributed by atoms with E-state index in [1.165, 1.54) is 77.9 Å². The smallest absolute Gasteiger partial charge is 0.0487 e. The minimum atomic E-state index is -0.207. The Morgan fingerprint density at radius 1 is 0.456 bits per heavy atom. The van der Waals surface area contributed by atoms with Crippen molar-refractivity contribution in [2.45, 2.75) is 44.9 Å². The molecule has 0 amide bonds. The summed E-state index contributed by atoms with van der Waals surface area (Å²) in [5, 5.41) is 0.828. The first kappa shape index (κ1) is 35.3. The van der Waals surface area contributed by atoms with Gasteiger partial charge in [-0.2, -0.15) is 0 Å². The van der Waals surface area contributed by atoms with E-state index in [4.69, 9.17) is 11.6 Å². The van der Waals surface area contributed by atoms with Crippen molar-refractivity contribution in [2.75, 3.05) is 4.90 Å². The normalized spacial score (nSPS) is 15.3. The second-order valence-electron chi connectivity index (χ2n) is 16.6. The van der Waals surface area contributed by atoms with Crippen molar-refractivity contribution in [2.24, 2.45) is 0 Å². The van der Waals surface area contributed by atoms with Gasteiger partial charge in [0.2, 0.25) is 0 Å². The fourth-order valence-electron chi connectivity index (χ4n) is 9.41. The Morgan fingerprint density at radius 2 is 1.00 bits per heavy atom. The lowest BCUT2D eigenvalue weighted by Crippen LogP contribution is -2.17. The highest BCUT2D eigenvalue weighted by Crippen LogP contribution is 2.58. The van der Waals surface area contributed by atoms with Gasteiger partial charge in [-0.05, 0) is 133 Å². The molecule has 3 aliphatic rings. The number of hydrogen-bond donors (Lipinski definition) is 0. The molecule has 0 unspecified atom stereocenters. The molecular weight excluding hydrogens is 710 g/mol. The number of allylic oxidation sites excluding steroid dienone is 6. The Labute approximate surface area is 341 Å². The molecule has 3 aliphatic carbocycles. The molecule has 57 heavy (non-hydrogen) atoms. The van der Waals surface area contributed by atoms with Crippen molar-refractivity contribution < 1.29 is 0 Å². The first-order chi connectivity index (χ1) is 27.7. The minimum Gasteiger partial charge on any atom is -0.310 e. The van der Waals surface area contributed by atoms with Crippen LogP contribution in [0.2, 0.25) is 5.02 Å². The number of halogens is 1. The van der Waals surface area contributed by atoms with Crippen molar-refractivity contribution >= 4 is 34.2 Å². The third-order valence-electron chi connectivity index (χ3n) is 12.6. The molecule has 1 nitrogen and oxygen atoms in total. The van der Waals surface area contributed by atoms with Crippen LogP contribution < -0.4 is 4.90 Å². The van der Waals surface area contributed by atoms with E-state index in [1.807, 2.05) is 6.07 Å². The van der Waals surface area contributed by atoms with Crippen molar-refractivity contribution in [1.82, 2.24) is 0 Å². The van der Waals surface area contributed by atoms with E-state index < -0.39 is 0 Å². The molecule has 0 fully saturated rings. The third-order valence-corrected chi connectivity index (χ3v) is 12.9. The average Bonchev–Trinajstić information content (AvgIpc) is 3.42. The molecule has 0 saturated carbocycles. The van der Waals surface area contributed by atoms with Crippen LogP contribution in [0.25, 0.3) is 50.1 Å². The summed E-state index contributed by atoms with van der Waals surface area (Å²) >= 11 is 6.93. The average molecular weight is 754 g/mol. The highest BCUT2D eigenvalue weighted by atomic mass is 35.5. The highest BCUT2D eigenvalue weighted by molar-refractivity contribution is 6.34. The standard InChI is InChI=1S/C55H44ClN/c1-54(2)48-17-12-18-52(56)53(48)47-35-50-46(34-51(47)54)45-32-31-44(33-49(45)55(50,3)4)57(42-27-23-40(24-28-42)37-15-10-7-11-16-37)43-29-25-41(26-30-43)39-21-19-38(20-22-39)36-13-8-5-6-9-14-36/h5,7-35H,6H2,1-4H3. The second-order valence-corrected chi connectivity index (χ2v) is 17.1. The predicted molar refractivity (Wildman–Crippen MR) is 243 cm³/mol. The van der Waals surface area contributed by atoms with Crippen LogP contribution in [-0.4, -0.2) is 0 Å². The summed E-state index contributed by atoms with van der Waals surface area (Å²) < 4.78 is 0. The van der Waals surface area contributed by atoms with Crippen LogP contribution in [0.15, 0.2) is 182 Å². The maximum atomic E-state index is 6.93. The Bertz CT molecular complexity index is 2780. The van der Waals surface area contributed by atoms with Gasteiger partial charge in [-0.1, -0.05) is 167 Å². The summed E-state index contributed by atoms with van der Waals surface area (Å²) in [4.78, 5) is 2.40. The van der Waals surface area contributed by atoms with Crippen molar-refractivity contribution in [1.29, 1.82) is 0 Å². The maximum absolute atomic E-state index is 6.93. The molecule has 0 spiro atoms. The van der Waals surface area contributed by atoms with Crippen LogP contribution in [-0.2, 0) is 10.8 Å². The Hall–Kier alpha value is -6.15. The van der Waals surface area contributed by atoms with Crippen molar-refractivity contribution in [3.8, 4) is 44.5 Å². The Kier molecular flexibility index (Phi) is 8.36. The molecule has 2 heteroatoms. The Morgan fingerprint density at radius 3 is 1.68 bits per heavy atom. The van der Waals surface area contributed by atoms with E-state index in [9.17, 15) is 0 Å². The molecule has 0 bridgehead atoms. The van der Waals surface area contributed by atoms with Gasteiger partial charge in [0.05, 0.1) is 0 Å². The summed E-state index contributed by atoms with van der Waals surface area (Å²) in [6.45, 7) is 9.41. The number of hydrogen-bond acceptors (Lipinski definition) is 1. The maximum Gasteiger partial charge on any atom is 0.0487 e.